The molecule has 0 fully saturated rings. The molecule has 262 valence electrons. The molecule has 0 unspecified atom stereocenters. The smallest absolute Gasteiger partial charge is 0.145 e. The number of benzene rings is 8. The Labute approximate surface area is 325 Å². The Morgan fingerprint density at radius 2 is 0.821 bits per heavy atom. The maximum Gasteiger partial charge on any atom is 0.145 e. The van der Waals surface area contributed by atoms with Crippen LogP contribution >= 0.6 is 11.3 Å². The first-order valence-electron chi connectivity index (χ1n) is 18.8. The Morgan fingerprint density at radius 1 is 0.357 bits per heavy atom. The van der Waals surface area contributed by atoms with E-state index in [1.807, 2.05) is 6.07 Å². The maximum absolute atomic E-state index is 5.55. The summed E-state index contributed by atoms with van der Waals surface area (Å²) in [6.07, 6.45) is 0. The highest BCUT2D eigenvalue weighted by atomic mass is 32.1. The van der Waals surface area contributed by atoms with Gasteiger partial charge in [-0.3, -0.25) is 4.57 Å². The molecule has 6 heteroatoms. The van der Waals surface area contributed by atoms with Crippen LogP contribution in [0, 0.1) is 0 Å². The summed E-state index contributed by atoms with van der Waals surface area (Å²) in [7, 11) is 0. The highest BCUT2D eigenvalue weighted by Crippen LogP contribution is 2.43. The first-order chi connectivity index (χ1) is 27.8. The van der Waals surface area contributed by atoms with E-state index in [1.54, 1.807) is 11.3 Å². The quantitative estimate of drug-likeness (QED) is 0.177. The van der Waals surface area contributed by atoms with Gasteiger partial charge in [-0.05, 0) is 60.7 Å². The third kappa shape index (κ3) is 4.54. The molecule has 0 N–H and O–H groups in total. The monoisotopic (exact) mass is 733 g/mol. The topological polar surface area (TPSA) is 40.6 Å². The van der Waals surface area contributed by atoms with Crippen molar-refractivity contribution in [2.24, 2.45) is 0 Å². The molecule has 12 aromatic rings. The summed E-state index contributed by atoms with van der Waals surface area (Å²) >= 11 is 1.75. The average molecular weight is 734 g/mol. The van der Waals surface area contributed by atoms with Crippen LogP contribution in [0.2, 0.25) is 0 Å². The fourth-order valence-electron chi connectivity index (χ4n) is 8.64. The number of rotatable bonds is 5. The predicted molar refractivity (Wildman–Crippen MR) is 234 cm³/mol. The number of thiazole rings is 1. The molecule has 4 heterocycles. The molecule has 0 saturated heterocycles. The molecule has 0 saturated carbocycles. The van der Waals surface area contributed by atoms with Gasteiger partial charge in [-0.2, -0.15) is 0 Å². The first-order valence-corrected chi connectivity index (χ1v) is 19.7. The molecule has 0 bridgehead atoms. The highest BCUT2D eigenvalue weighted by molar-refractivity contribution is 7.22. The first kappa shape index (κ1) is 31.1. The van der Waals surface area contributed by atoms with Crippen molar-refractivity contribution in [3.05, 3.63) is 188 Å². The van der Waals surface area contributed by atoms with Gasteiger partial charge < -0.3 is 9.13 Å². The number of aromatic nitrogens is 5. The number of hydrogen-bond acceptors (Lipinski definition) is 3. The molecule has 0 spiro atoms. The number of hydrogen-bond donors (Lipinski definition) is 0. The Balaban J connectivity index is 1.09. The lowest BCUT2D eigenvalue weighted by atomic mass is 10.1. The van der Waals surface area contributed by atoms with Crippen molar-refractivity contribution in [2.45, 2.75) is 0 Å². The summed E-state index contributed by atoms with van der Waals surface area (Å²) < 4.78 is 8.20. The summed E-state index contributed by atoms with van der Waals surface area (Å²) in [5.41, 5.74) is 13.1. The summed E-state index contributed by atoms with van der Waals surface area (Å²) in [6.45, 7) is 0. The average Bonchev–Trinajstić information content (AvgIpc) is 4.04. The lowest BCUT2D eigenvalue weighted by Gasteiger charge is -2.13. The number of imidazole rings is 1. The van der Waals surface area contributed by atoms with E-state index in [0.29, 0.717) is 0 Å². The van der Waals surface area contributed by atoms with Gasteiger partial charge in [0.1, 0.15) is 16.3 Å². The molecular weight excluding hydrogens is 703 g/mol. The third-order valence-corrected chi connectivity index (χ3v) is 12.2. The van der Waals surface area contributed by atoms with Gasteiger partial charge in [0.2, 0.25) is 0 Å². The molecule has 56 heavy (non-hydrogen) atoms. The van der Waals surface area contributed by atoms with Crippen LogP contribution in [-0.4, -0.2) is 23.7 Å². The molecular formula is C50H31N5S. The van der Waals surface area contributed by atoms with Gasteiger partial charge in [-0.15, -0.1) is 11.3 Å². The molecule has 12 rings (SSSR count). The third-order valence-electron chi connectivity index (χ3n) is 11.1. The Kier molecular flexibility index (Phi) is 6.73. The molecule has 4 aromatic heterocycles. The Bertz CT molecular complexity index is 3220. The lowest BCUT2D eigenvalue weighted by molar-refractivity contribution is 1.10. The van der Waals surface area contributed by atoms with Crippen LogP contribution in [0.5, 0.6) is 0 Å². The molecule has 0 amide bonds. The van der Waals surface area contributed by atoms with Gasteiger partial charge in [0.25, 0.3) is 0 Å². The second-order valence-corrected chi connectivity index (χ2v) is 15.2. The van der Waals surface area contributed by atoms with Crippen LogP contribution in [0.15, 0.2) is 188 Å². The standard InChI is InChI=1S/C50H31N5S/c1-2-14-34(15-3-1)53-44-25-13-8-20-39(44)51-49(53)32-26-28-33(29-27-32)50-52-47-45(54-40-21-9-4-16-35(40)36-17-5-10-22-41(36)54)30-31-46(48(47)56-50)55-42-23-11-6-18-37(42)38-19-7-12-24-43(38)55/h1-31H. The molecule has 0 aliphatic heterocycles. The summed E-state index contributed by atoms with van der Waals surface area (Å²) in [6, 6.07) is 66.9. The van der Waals surface area contributed by atoms with Gasteiger partial charge in [0, 0.05) is 38.4 Å². The van der Waals surface area contributed by atoms with Crippen LogP contribution in [0.25, 0.3) is 104 Å². The number of nitrogens with zero attached hydrogens (tertiary/aromatic N) is 5. The molecule has 0 aliphatic rings. The second kappa shape index (κ2) is 12.1. The zero-order valence-corrected chi connectivity index (χ0v) is 30.9. The minimum atomic E-state index is 0.913. The van der Waals surface area contributed by atoms with E-state index in [9.17, 15) is 0 Å². The summed E-state index contributed by atoms with van der Waals surface area (Å²) in [5, 5.41) is 5.91. The van der Waals surface area contributed by atoms with Gasteiger partial charge in [0.05, 0.1) is 49.2 Å². The minimum absolute atomic E-state index is 0.913. The molecule has 0 radical (unpaired) electrons. The fourth-order valence-corrected chi connectivity index (χ4v) is 9.74. The van der Waals surface area contributed by atoms with Crippen LogP contribution in [0.4, 0.5) is 0 Å². The van der Waals surface area contributed by atoms with E-state index >= 15 is 0 Å². The van der Waals surface area contributed by atoms with Crippen molar-refractivity contribution in [3.63, 3.8) is 0 Å². The van der Waals surface area contributed by atoms with Crippen molar-refractivity contribution >= 4 is 76.2 Å². The largest absolute Gasteiger partial charge is 0.308 e. The minimum Gasteiger partial charge on any atom is -0.308 e. The van der Waals surface area contributed by atoms with Crippen molar-refractivity contribution in [1.82, 2.24) is 23.7 Å². The van der Waals surface area contributed by atoms with E-state index in [0.717, 1.165) is 60.3 Å². The van der Waals surface area contributed by atoms with Gasteiger partial charge >= 0.3 is 0 Å². The fraction of sp³-hybridized carbons (Fsp3) is 0. The lowest BCUT2D eigenvalue weighted by Crippen LogP contribution is -1.99. The Morgan fingerprint density at radius 3 is 1.41 bits per heavy atom. The molecule has 0 aliphatic carbocycles. The highest BCUT2D eigenvalue weighted by Gasteiger charge is 2.22. The van der Waals surface area contributed by atoms with Crippen molar-refractivity contribution in [2.75, 3.05) is 0 Å². The SMILES string of the molecule is c1ccc(-n2c(-c3ccc(-c4nc5c(-n6c7ccccc7c7ccccc76)ccc(-n6c7ccccc7c7ccccc76)c5s4)cc3)nc3ccccc32)cc1. The maximum atomic E-state index is 5.55. The normalized spacial score (nSPS) is 11.9. The zero-order valence-electron chi connectivity index (χ0n) is 30.0. The summed E-state index contributed by atoms with van der Waals surface area (Å²) in [4.78, 5) is 10.7. The van der Waals surface area contributed by atoms with E-state index < -0.39 is 0 Å². The van der Waals surface area contributed by atoms with Crippen LogP contribution in [-0.2, 0) is 0 Å². The van der Waals surface area contributed by atoms with Gasteiger partial charge in [0.15, 0.2) is 0 Å². The number of para-hydroxylation sites is 7. The zero-order chi connectivity index (χ0) is 36.7. The van der Waals surface area contributed by atoms with E-state index in [-0.39, 0.29) is 0 Å². The van der Waals surface area contributed by atoms with E-state index in [2.05, 4.69) is 196 Å². The number of fused-ring (bicyclic) bond motifs is 8. The van der Waals surface area contributed by atoms with E-state index in [4.69, 9.17) is 9.97 Å². The van der Waals surface area contributed by atoms with Crippen LogP contribution in [0.3, 0.4) is 0 Å². The van der Waals surface area contributed by atoms with E-state index in [1.165, 1.54) is 43.6 Å². The van der Waals surface area contributed by atoms with Crippen molar-refractivity contribution in [3.8, 4) is 39.0 Å². The van der Waals surface area contributed by atoms with Crippen LogP contribution in [0.1, 0.15) is 0 Å². The molecule has 8 aromatic carbocycles. The molecule has 0 atom stereocenters. The second-order valence-electron chi connectivity index (χ2n) is 14.2. The van der Waals surface area contributed by atoms with Gasteiger partial charge in [-0.25, -0.2) is 9.97 Å². The van der Waals surface area contributed by atoms with Crippen molar-refractivity contribution in [1.29, 1.82) is 0 Å². The molecule has 5 nitrogen and oxygen atoms in total. The predicted octanol–water partition coefficient (Wildman–Crippen LogP) is 13.2. The summed E-state index contributed by atoms with van der Waals surface area (Å²) in [5.74, 6) is 0.913. The Hall–Kier alpha value is -7.28. The van der Waals surface area contributed by atoms with Crippen molar-refractivity contribution < 1.29 is 0 Å². The van der Waals surface area contributed by atoms with Gasteiger partial charge in [-0.1, -0.05) is 127 Å². The van der Waals surface area contributed by atoms with Crippen LogP contribution < -0.4 is 0 Å².